The van der Waals surface area contributed by atoms with Crippen molar-refractivity contribution < 1.29 is 32.3 Å². The summed E-state index contributed by atoms with van der Waals surface area (Å²) in [6.45, 7) is 0. The van der Waals surface area contributed by atoms with Crippen LogP contribution in [-0.4, -0.2) is 24.5 Å². The topological polar surface area (TPSA) is 82.8 Å². The SMILES string of the molecule is COc1ccccc1-c1cc(C(=O)Nc2ccc3c(c2)OC(F)(F)O3)no1. The zero-order chi connectivity index (χ0) is 19.0. The Balaban J connectivity index is 1.53. The molecule has 4 rings (SSSR count). The van der Waals surface area contributed by atoms with E-state index in [2.05, 4.69) is 19.9 Å². The number of hydrogen-bond acceptors (Lipinski definition) is 6. The Kier molecular flexibility index (Phi) is 3.91. The highest BCUT2D eigenvalue weighted by Gasteiger charge is 2.43. The molecule has 2 heterocycles. The molecule has 2 aromatic carbocycles. The van der Waals surface area contributed by atoms with Gasteiger partial charge >= 0.3 is 6.29 Å². The highest BCUT2D eigenvalue weighted by atomic mass is 19.3. The number of nitrogens with one attached hydrogen (secondary N) is 1. The number of alkyl halides is 2. The Morgan fingerprint density at radius 3 is 2.70 bits per heavy atom. The number of methoxy groups -OCH3 is 1. The van der Waals surface area contributed by atoms with Crippen molar-refractivity contribution in [2.75, 3.05) is 12.4 Å². The van der Waals surface area contributed by atoms with E-state index < -0.39 is 12.2 Å². The van der Waals surface area contributed by atoms with Crippen molar-refractivity contribution in [1.29, 1.82) is 0 Å². The maximum atomic E-state index is 13.1. The summed E-state index contributed by atoms with van der Waals surface area (Å²) < 4.78 is 45.2. The Labute approximate surface area is 151 Å². The lowest BCUT2D eigenvalue weighted by molar-refractivity contribution is -0.286. The van der Waals surface area contributed by atoms with Gasteiger partial charge in [-0.05, 0) is 24.3 Å². The highest BCUT2D eigenvalue weighted by Crippen LogP contribution is 2.42. The third-order valence-corrected chi connectivity index (χ3v) is 3.77. The van der Waals surface area contributed by atoms with Crippen molar-refractivity contribution in [3.63, 3.8) is 0 Å². The van der Waals surface area contributed by atoms with Crippen molar-refractivity contribution >= 4 is 11.6 Å². The second-order valence-corrected chi connectivity index (χ2v) is 5.56. The summed E-state index contributed by atoms with van der Waals surface area (Å²) >= 11 is 0. The predicted molar refractivity (Wildman–Crippen MR) is 89.1 cm³/mol. The van der Waals surface area contributed by atoms with Crippen LogP contribution >= 0.6 is 0 Å². The van der Waals surface area contributed by atoms with E-state index in [9.17, 15) is 13.6 Å². The van der Waals surface area contributed by atoms with E-state index in [4.69, 9.17) is 9.26 Å². The van der Waals surface area contributed by atoms with Gasteiger partial charge in [-0.1, -0.05) is 17.3 Å². The van der Waals surface area contributed by atoms with Crippen LogP contribution in [0.2, 0.25) is 0 Å². The number of hydrogen-bond donors (Lipinski definition) is 1. The number of carbonyl (C=O) groups is 1. The second-order valence-electron chi connectivity index (χ2n) is 5.56. The fourth-order valence-electron chi connectivity index (χ4n) is 2.58. The van der Waals surface area contributed by atoms with Gasteiger partial charge in [-0.15, -0.1) is 8.78 Å². The average molecular weight is 374 g/mol. The van der Waals surface area contributed by atoms with Crippen molar-refractivity contribution in [3.8, 4) is 28.6 Å². The number of ether oxygens (including phenoxy) is 3. The number of carbonyl (C=O) groups excluding carboxylic acids is 1. The van der Waals surface area contributed by atoms with Crippen molar-refractivity contribution in [1.82, 2.24) is 5.16 Å². The number of halogens is 2. The van der Waals surface area contributed by atoms with E-state index in [1.54, 1.807) is 24.3 Å². The smallest absolute Gasteiger partial charge is 0.496 e. The van der Waals surface area contributed by atoms with Gasteiger partial charge in [0.15, 0.2) is 23.0 Å². The van der Waals surface area contributed by atoms with E-state index in [1.807, 2.05) is 0 Å². The Bertz CT molecular complexity index is 1020. The minimum absolute atomic E-state index is 0.0129. The van der Waals surface area contributed by atoms with Crippen molar-refractivity contribution in [3.05, 3.63) is 54.2 Å². The first kappa shape index (κ1) is 16.8. The fraction of sp³-hybridized carbons (Fsp3) is 0.111. The summed E-state index contributed by atoms with van der Waals surface area (Å²) in [6.07, 6.45) is -3.72. The van der Waals surface area contributed by atoms with E-state index in [1.165, 1.54) is 31.4 Å². The molecule has 0 bridgehead atoms. The molecule has 1 aliphatic rings. The van der Waals surface area contributed by atoms with Crippen molar-refractivity contribution in [2.24, 2.45) is 0 Å². The number of aromatic nitrogens is 1. The van der Waals surface area contributed by atoms with Crippen LogP contribution in [0, 0.1) is 0 Å². The number of para-hydroxylation sites is 1. The molecule has 0 saturated carbocycles. The van der Waals surface area contributed by atoms with Gasteiger partial charge in [0.1, 0.15) is 5.75 Å². The monoisotopic (exact) mass is 374 g/mol. The third kappa shape index (κ3) is 3.26. The van der Waals surface area contributed by atoms with Crippen LogP contribution < -0.4 is 19.5 Å². The lowest BCUT2D eigenvalue weighted by Crippen LogP contribution is -2.25. The first-order valence-electron chi connectivity index (χ1n) is 7.76. The number of amides is 1. The molecule has 1 N–H and O–H groups in total. The molecule has 27 heavy (non-hydrogen) atoms. The number of fused-ring (bicyclic) bond motifs is 1. The minimum Gasteiger partial charge on any atom is -0.496 e. The van der Waals surface area contributed by atoms with Crippen LogP contribution in [0.1, 0.15) is 10.5 Å². The van der Waals surface area contributed by atoms with Gasteiger partial charge in [0.2, 0.25) is 0 Å². The molecule has 0 radical (unpaired) electrons. The summed E-state index contributed by atoms with van der Waals surface area (Å²) in [5.74, 6) is 0.0521. The molecule has 0 saturated heterocycles. The lowest BCUT2D eigenvalue weighted by atomic mass is 10.1. The molecule has 138 valence electrons. The number of anilines is 1. The molecule has 1 amide bonds. The molecule has 9 heteroatoms. The van der Waals surface area contributed by atoms with Crippen LogP contribution in [0.15, 0.2) is 53.1 Å². The Morgan fingerprint density at radius 2 is 1.89 bits per heavy atom. The molecular formula is C18H12F2N2O5. The molecule has 0 aliphatic carbocycles. The highest BCUT2D eigenvalue weighted by molar-refractivity contribution is 6.03. The third-order valence-electron chi connectivity index (χ3n) is 3.77. The van der Waals surface area contributed by atoms with Crippen molar-refractivity contribution in [2.45, 2.75) is 6.29 Å². The van der Waals surface area contributed by atoms with Gasteiger partial charge in [0, 0.05) is 17.8 Å². The molecule has 1 aliphatic heterocycles. The van der Waals surface area contributed by atoms with Gasteiger partial charge in [-0.2, -0.15) is 0 Å². The molecule has 0 atom stereocenters. The maximum absolute atomic E-state index is 13.1. The molecule has 0 fully saturated rings. The first-order valence-corrected chi connectivity index (χ1v) is 7.76. The van der Waals surface area contributed by atoms with E-state index in [0.717, 1.165) is 0 Å². The van der Waals surface area contributed by atoms with Gasteiger partial charge in [-0.3, -0.25) is 4.79 Å². The van der Waals surface area contributed by atoms with E-state index >= 15 is 0 Å². The van der Waals surface area contributed by atoms with Crippen LogP contribution in [-0.2, 0) is 0 Å². The molecule has 3 aromatic rings. The molecular weight excluding hydrogens is 362 g/mol. The summed E-state index contributed by atoms with van der Waals surface area (Å²) in [5.41, 5.74) is 0.887. The second kappa shape index (κ2) is 6.27. The van der Waals surface area contributed by atoms with E-state index in [0.29, 0.717) is 17.1 Å². The summed E-state index contributed by atoms with van der Waals surface area (Å²) in [5, 5.41) is 6.28. The minimum atomic E-state index is -3.72. The van der Waals surface area contributed by atoms with Crippen LogP contribution in [0.3, 0.4) is 0 Å². The van der Waals surface area contributed by atoms with Crippen LogP contribution in [0.25, 0.3) is 11.3 Å². The van der Waals surface area contributed by atoms with Gasteiger partial charge < -0.3 is 24.1 Å². The molecule has 1 aromatic heterocycles. The first-order chi connectivity index (χ1) is 12.9. The summed E-state index contributed by atoms with van der Waals surface area (Å²) in [7, 11) is 1.52. The predicted octanol–water partition coefficient (Wildman–Crippen LogP) is 3.92. The van der Waals surface area contributed by atoms with Crippen LogP contribution in [0.4, 0.5) is 14.5 Å². The molecule has 0 unspecified atom stereocenters. The average Bonchev–Trinajstić information content (AvgIpc) is 3.24. The normalized spacial score (nSPS) is 14.0. The fourth-order valence-corrected chi connectivity index (χ4v) is 2.58. The molecule has 0 spiro atoms. The number of benzene rings is 2. The van der Waals surface area contributed by atoms with Gasteiger partial charge in [0.05, 0.1) is 12.7 Å². The molecule has 7 nitrogen and oxygen atoms in total. The largest absolute Gasteiger partial charge is 0.586 e. The maximum Gasteiger partial charge on any atom is 0.586 e. The lowest BCUT2D eigenvalue weighted by Gasteiger charge is -2.04. The summed E-state index contributed by atoms with van der Waals surface area (Å²) in [4.78, 5) is 12.4. The number of nitrogens with zero attached hydrogens (tertiary/aromatic N) is 1. The standard InChI is InChI=1S/C18H12F2N2O5/c1-24-13-5-3-2-4-11(13)15-9-12(22-27-15)17(23)21-10-6-7-14-16(8-10)26-18(19,20)25-14/h2-9H,1H3,(H,21,23). The number of rotatable bonds is 4. The van der Waals surface area contributed by atoms with Crippen LogP contribution in [0.5, 0.6) is 17.2 Å². The van der Waals surface area contributed by atoms with E-state index in [-0.39, 0.29) is 22.9 Å². The van der Waals surface area contributed by atoms with Gasteiger partial charge in [0.25, 0.3) is 5.91 Å². The zero-order valence-corrected chi connectivity index (χ0v) is 13.9. The Hall–Kier alpha value is -3.62. The zero-order valence-electron chi connectivity index (χ0n) is 13.9. The van der Waals surface area contributed by atoms with Gasteiger partial charge in [-0.25, -0.2) is 0 Å². The quantitative estimate of drug-likeness (QED) is 0.745. The Morgan fingerprint density at radius 1 is 1.11 bits per heavy atom. The summed E-state index contributed by atoms with van der Waals surface area (Å²) in [6, 6.07) is 12.5.